The van der Waals surface area contributed by atoms with Crippen LogP contribution in [0.1, 0.15) is 46.0 Å². The third kappa shape index (κ3) is 2.72. The molecule has 0 saturated heterocycles. The predicted molar refractivity (Wildman–Crippen MR) is 88.1 cm³/mol. The van der Waals surface area contributed by atoms with E-state index in [0.29, 0.717) is 24.8 Å². The molecular formula is C19H26N2O2. The molecule has 1 heterocycles. The summed E-state index contributed by atoms with van der Waals surface area (Å²) in [4.78, 5) is 11.9. The lowest BCUT2D eigenvalue weighted by atomic mass is 9.51. The van der Waals surface area contributed by atoms with E-state index >= 15 is 0 Å². The number of hydrogen-bond acceptors (Lipinski definition) is 3. The molecule has 3 rings (SSSR count). The van der Waals surface area contributed by atoms with Gasteiger partial charge in [0.2, 0.25) is 5.91 Å². The van der Waals surface area contributed by atoms with E-state index in [1.54, 1.807) is 6.08 Å². The number of nitriles is 1. The molecule has 0 aromatic heterocycles. The van der Waals surface area contributed by atoms with Crippen LogP contribution >= 0.6 is 0 Å². The summed E-state index contributed by atoms with van der Waals surface area (Å²) in [6.45, 7) is 4.97. The lowest BCUT2D eigenvalue weighted by Gasteiger charge is -2.53. The molecule has 4 heteroatoms. The maximum Gasteiger partial charge on any atom is 0.243 e. The van der Waals surface area contributed by atoms with E-state index in [1.807, 2.05) is 6.08 Å². The molecule has 1 amide bonds. The number of nitrogens with zero attached hydrogens (tertiary/aromatic N) is 1. The highest BCUT2D eigenvalue weighted by Crippen LogP contribution is 2.57. The van der Waals surface area contributed by atoms with Gasteiger partial charge in [0.1, 0.15) is 0 Å². The Morgan fingerprint density at radius 3 is 3.04 bits per heavy atom. The number of aliphatic hydroxyl groups excluding tert-OH is 1. The molecule has 124 valence electrons. The maximum absolute atomic E-state index is 11.9. The highest BCUT2D eigenvalue weighted by Gasteiger charge is 2.52. The smallest absolute Gasteiger partial charge is 0.243 e. The lowest BCUT2D eigenvalue weighted by Crippen LogP contribution is -2.50. The second-order valence-electron chi connectivity index (χ2n) is 7.56. The highest BCUT2D eigenvalue weighted by molar-refractivity contribution is 5.88. The molecule has 1 fully saturated rings. The fourth-order valence-electron chi connectivity index (χ4n) is 5.27. The van der Waals surface area contributed by atoms with Gasteiger partial charge in [0.25, 0.3) is 0 Å². The third-order valence-corrected chi connectivity index (χ3v) is 6.40. The summed E-state index contributed by atoms with van der Waals surface area (Å²) in [5.74, 6) is 0.926. The summed E-state index contributed by atoms with van der Waals surface area (Å²) in [6.07, 6.45) is 7.54. The van der Waals surface area contributed by atoms with Gasteiger partial charge in [-0.15, -0.1) is 0 Å². The van der Waals surface area contributed by atoms with Crippen molar-refractivity contribution in [3.05, 3.63) is 23.3 Å². The molecule has 1 aliphatic heterocycles. The monoisotopic (exact) mass is 314 g/mol. The van der Waals surface area contributed by atoms with Gasteiger partial charge < -0.3 is 10.4 Å². The Hall–Kier alpha value is -1.60. The number of amides is 1. The number of nitrogens with one attached hydrogen (secondary N) is 1. The van der Waals surface area contributed by atoms with Gasteiger partial charge in [-0.2, -0.15) is 5.26 Å². The zero-order valence-corrected chi connectivity index (χ0v) is 14.0. The van der Waals surface area contributed by atoms with Crippen LogP contribution in [-0.4, -0.2) is 23.7 Å². The van der Waals surface area contributed by atoms with Crippen molar-refractivity contribution in [3.63, 3.8) is 0 Å². The first-order valence-electron chi connectivity index (χ1n) is 8.69. The minimum Gasteiger partial charge on any atom is -0.389 e. The number of rotatable bonds is 2. The van der Waals surface area contributed by atoms with Crippen LogP contribution in [0.15, 0.2) is 23.3 Å². The Morgan fingerprint density at radius 1 is 1.52 bits per heavy atom. The SMILES string of the molecule is CC1=CC(O)C2C(CCC3=CC(=O)NCCC32C)C1CCC#N. The molecule has 2 aliphatic carbocycles. The van der Waals surface area contributed by atoms with Crippen molar-refractivity contribution in [1.82, 2.24) is 5.32 Å². The zero-order valence-electron chi connectivity index (χ0n) is 14.0. The number of carbonyl (C=O) groups excluding carboxylic acids is 1. The number of carbonyl (C=O) groups is 1. The normalized spacial score (nSPS) is 39.8. The van der Waals surface area contributed by atoms with Crippen LogP contribution in [0.5, 0.6) is 0 Å². The molecule has 1 saturated carbocycles. The Labute approximate surface area is 138 Å². The Bertz CT molecular complexity index is 601. The van der Waals surface area contributed by atoms with Crippen molar-refractivity contribution in [2.75, 3.05) is 6.54 Å². The molecule has 23 heavy (non-hydrogen) atoms. The summed E-state index contributed by atoms with van der Waals surface area (Å²) < 4.78 is 0. The second kappa shape index (κ2) is 6.13. The van der Waals surface area contributed by atoms with E-state index in [-0.39, 0.29) is 17.2 Å². The van der Waals surface area contributed by atoms with E-state index in [1.165, 1.54) is 11.1 Å². The lowest BCUT2D eigenvalue weighted by molar-refractivity contribution is -0.116. The van der Waals surface area contributed by atoms with Gasteiger partial charge in [0.15, 0.2) is 0 Å². The molecule has 0 aromatic carbocycles. The van der Waals surface area contributed by atoms with Gasteiger partial charge in [-0.1, -0.05) is 24.1 Å². The molecule has 0 radical (unpaired) electrons. The maximum atomic E-state index is 11.9. The molecule has 0 bridgehead atoms. The first-order chi connectivity index (χ1) is 11.0. The van der Waals surface area contributed by atoms with Crippen LogP contribution in [-0.2, 0) is 4.79 Å². The molecule has 5 atom stereocenters. The quantitative estimate of drug-likeness (QED) is 0.770. The topological polar surface area (TPSA) is 73.1 Å². The minimum atomic E-state index is -0.458. The molecular weight excluding hydrogens is 288 g/mol. The largest absolute Gasteiger partial charge is 0.389 e. The molecule has 4 nitrogen and oxygen atoms in total. The molecule has 5 unspecified atom stereocenters. The average molecular weight is 314 g/mol. The Balaban J connectivity index is 1.99. The first kappa shape index (κ1) is 16.3. The Morgan fingerprint density at radius 2 is 2.30 bits per heavy atom. The van der Waals surface area contributed by atoms with Gasteiger partial charge in [0, 0.05) is 25.0 Å². The van der Waals surface area contributed by atoms with E-state index in [2.05, 4.69) is 25.2 Å². The van der Waals surface area contributed by atoms with Gasteiger partial charge in [0.05, 0.1) is 12.2 Å². The van der Waals surface area contributed by atoms with E-state index in [4.69, 9.17) is 5.26 Å². The summed E-state index contributed by atoms with van der Waals surface area (Å²) in [7, 11) is 0. The molecule has 0 spiro atoms. The second-order valence-corrected chi connectivity index (χ2v) is 7.56. The number of allylic oxidation sites excluding steroid dienone is 2. The van der Waals surface area contributed by atoms with Crippen molar-refractivity contribution >= 4 is 5.91 Å². The van der Waals surface area contributed by atoms with Crippen LogP contribution in [0.3, 0.4) is 0 Å². The zero-order chi connectivity index (χ0) is 16.6. The summed E-state index contributed by atoms with van der Waals surface area (Å²) in [5.41, 5.74) is 2.29. The van der Waals surface area contributed by atoms with Crippen LogP contribution in [0.2, 0.25) is 0 Å². The van der Waals surface area contributed by atoms with Crippen molar-refractivity contribution in [2.24, 2.45) is 23.2 Å². The van der Waals surface area contributed by atoms with Crippen LogP contribution in [0, 0.1) is 34.5 Å². The summed E-state index contributed by atoms with van der Waals surface area (Å²) in [5, 5.41) is 22.7. The highest BCUT2D eigenvalue weighted by atomic mass is 16.3. The van der Waals surface area contributed by atoms with Crippen molar-refractivity contribution in [2.45, 2.75) is 52.1 Å². The van der Waals surface area contributed by atoms with E-state index < -0.39 is 6.10 Å². The number of fused-ring (bicyclic) bond motifs is 3. The van der Waals surface area contributed by atoms with Crippen molar-refractivity contribution in [1.29, 1.82) is 5.26 Å². The van der Waals surface area contributed by atoms with Crippen LogP contribution in [0.4, 0.5) is 0 Å². The van der Waals surface area contributed by atoms with Gasteiger partial charge in [-0.05, 0) is 49.9 Å². The minimum absolute atomic E-state index is 0.000211. The number of aliphatic hydroxyl groups is 1. The summed E-state index contributed by atoms with van der Waals surface area (Å²) in [6, 6.07) is 2.27. The Kier molecular flexibility index (Phi) is 4.33. The van der Waals surface area contributed by atoms with Crippen molar-refractivity contribution < 1.29 is 9.90 Å². The fraction of sp³-hybridized carbons (Fsp3) is 0.684. The fourth-order valence-corrected chi connectivity index (χ4v) is 5.27. The van der Waals surface area contributed by atoms with Crippen LogP contribution < -0.4 is 5.32 Å². The van der Waals surface area contributed by atoms with E-state index in [0.717, 1.165) is 25.7 Å². The van der Waals surface area contributed by atoms with Gasteiger partial charge >= 0.3 is 0 Å². The number of hydrogen-bond donors (Lipinski definition) is 2. The third-order valence-electron chi connectivity index (χ3n) is 6.40. The molecule has 0 aromatic rings. The molecule has 3 aliphatic rings. The predicted octanol–water partition coefficient (Wildman–Crippen LogP) is 2.71. The molecule has 2 N–H and O–H groups in total. The average Bonchev–Trinajstić information content (AvgIpc) is 2.64. The first-order valence-corrected chi connectivity index (χ1v) is 8.69. The standard InChI is InChI=1S/C19H26N2O2/c1-12-10-16(22)18-15(14(12)4-3-8-20)6-5-13-11-17(23)21-9-7-19(13,18)2/h10-11,14-16,18,22H,3-7,9H2,1-2H3,(H,21,23). The van der Waals surface area contributed by atoms with Crippen LogP contribution in [0.25, 0.3) is 0 Å². The van der Waals surface area contributed by atoms with Gasteiger partial charge in [-0.3, -0.25) is 4.79 Å². The van der Waals surface area contributed by atoms with E-state index in [9.17, 15) is 9.90 Å². The van der Waals surface area contributed by atoms with Crippen molar-refractivity contribution in [3.8, 4) is 6.07 Å². The summed E-state index contributed by atoms with van der Waals surface area (Å²) >= 11 is 0. The van der Waals surface area contributed by atoms with Gasteiger partial charge in [-0.25, -0.2) is 0 Å².